The maximum Gasteiger partial charge on any atom is 0.335 e. The lowest BCUT2D eigenvalue weighted by Gasteiger charge is -2.17. The van der Waals surface area contributed by atoms with Crippen LogP contribution in [-0.4, -0.2) is 16.0 Å². The minimum atomic E-state index is -1.19. The lowest BCUT2D eigenvalue weighted by molar-refractivity contribution is -0.384. The monoisotopic (exact) mass is 306 g/mol. The van der Waals surface area contributed by atoms with Crippen LogP contribution in [0.1, 0.15) is 34.6 Å². The molecule has 0 radical (unpaired) electrons. The fourth-order valence-corrected chi connectivity index (χ4v) is 2.85. The number of nitrogens with one attached hydrogen (secondary N) is 1. The van der Waals surface area contributed by atoms with Gasteiger partial charge in [-0.2, -0.15) is 0 Å². The summed E-state index contributed by atoms with van der Waals surface area (Å²) >= 11 is 1.57. The van der Waals surface area contributed by atoms with Crippen LogP contribution in [0.3, 0.4) is 0 Å². The normalized spacial score (nSPS) is 11.9. The van der Waals surface area contributed by atoms with E-state index in [1.54, 1.807) is 11.3 Å². The summed E-state index contributed by atoms with van der Waals surface area (Å²) in [5, 5.41) is 25.1. The molecule has 110 valence electrons. The number of benzene rings is 1. The molecule has 2 N–H and O–H groups in total. The second kappa shape index (κ2) is 6.36. The third-order valence-corrected chi connectivity index (χ3v) is 4.05. The Balaban J connectivity index is 2.34. The van der Waals surface area contributed by atoms with Crippen molar-refractivity contribution in [3.63, 3.8) is 0 Å². The molecule has 6 nitrogen and oxygen atoms in total. The van der Waals surface area contributed by atoms with Gasteiger partial charge in [-0.15, -0.1) is 11.3 Å². The van der Waals surface area contributed by atoms with Crippen LogP contribution in [-0.2, 0) is 0 Å². The predicted octanol–water partition coefficient (Wildman–Crippen LogP) is 3.92. The van der Waals surface area contributed by atoms with Gasteiger partial charge in [-0.1, -0.05) is 13.0 Å². The van der Waals surface area contributed by atoms with E-state index in [1.165, 1.54) is 12.1 Å². The largest absolute Gasteiger partial charge is 0.478 e. The molecule has 0 spiro atoms. The van der Waals surface area contributed by atoms with Gasteiger partial charge in [-0.05, 0) is 30.0 Å². The topological polar surface area (TPSA) is 92.5 Å². The maximum atomic E-state index is 11.1. The summed E-state index contributed by atoms with van der Waals surface area (Å²) < 4.78 is 0. The zero-order valence-electron chi connectivity index (χ0n) is 11.3. The number of nitrogens with zero attached hydrogens (tertiary/aromatic N) is 1. The van der Waals surface area contributed by atoms with Gasteiger partial charge in [-0.25, -0.2) is 4.79 Å². The van der Waals surface area contributed by atoms with Gasteiger partial charge in [0.1, 0.15) is 5.69 Å². The average Bonchev–Trinajstić information content (AvgIpc) is 2.98. The van der Waals surface area contributed by atoms with Crippen molar-refractivity contribution in [3.8, 4) is 0 Å². The Bertz CT molecular complexity index is 655. The van der Waals surface area contributed by atoms with E-state index in [9.17, 15) is 14.9 Å². The highest BCUT2D eigenvalue weighted by Crippen LogP contribution is 2.32. The molecule has 0 amide bonds. The van der Waals surface area contributed by atoms with Gasteiger partial charge >= 0.3 is 5.97 Å². The lowest BCUT2D eigenvalue weighted by Crippen LogP contribution is -2.10. The fraction of sp³-hybridized carbons (Fsp3) is 0.214. The van der Waals surface area contributed by atoms with Crippen LogP contribution in [0.2, 0.25) is 0 Å². The van der Waals surface area contributed by atoms with E-state index in [-0.39, 0.29) is 17.3 Å². The van der Waals surface area contributed by atoms with E-state index in [2.05, 4.69) is 5.32 Å². The third-order valence-electron chi connectivity index (χ3n) is 3.07. The number of carboxylic acid groups (broad SMARTS) is 1. The molecule has 1 aromatic heterocycles. The molecule has 2 rings (SSSR count). The van der Waals surface area contributed by atoms with Gasteiger partial charge in [0, 0.05) is 10.9 Å². The lowest BCUT2D eigenvalue weighted by atomic mass is 10.1. The van der Waals surface area contributed by atoms with E-state index in [0.29, 0.717) is 5.69 Å². The second-order valence-corrected chi connectivity index (χ2v) is 5.39. The highest BCUT2D eigenvalue weighted by atomic mass is 32.1. The summed E-state index contributed by atoms with van der Waals surface area (Å²) in [6, 6.07) is 7.72. The van der Waals surface area contributed by atoms with Crippen LogP contribution >= 0.6 is 11.3 Å². The first-order valence-electron chi connectivity index (χ1n) is 6.34. The van der Waals surface area contributed by atoms with Crippen molar-refractivity contribution < 1.29 is 14.8 Å². The highest BCUT2D eigenvalue weighted by Gasteiger charge is 2.20. The summed E-state index contributed by atoms with van der Waals surface area (Å²) in [4.78, 5) is 22.5. The number of nitro groups is 1. The van der Waals surface area contributed by atoms with Crippen molar-refractivity contribution in [2.24, 2.45) is 0 Å². The van der Waals surface area contributed by atoms with Crippen LogP contribution in [0, 0.1) is 10.1 Å². The zero-order chi connectivity index (χ0) is 15.4. The number of hydrogen-bond donors (Lipinski definition) is 2. The van der Waals surface area contributed by atoms with Gasteiger partial charge in [0.2, 0.25) is 0 Å². The number of rotatable bonds is 6. The molecule has 21 heavy (non-hydrogen) atoms. The van der Waals surface area contributed by atoms with E-state index in [4.69, 9.17) is 5.11 Å². The molecule has 1 heterocycles. The molecule has 2 aromatic rings. The van der Waals surface area contributed by atoms with Crippen molar-refractivity contribution in [2.45, 2.75) is 19.4 Å². The Labute approximate surface area is 125 Å². The van der Waals surface area contributed by atoms with Crippen LogP contribution in [0.5, 0.6) is 0 Å². The van der Waals surface area contributed by atoms with Crippen LogP contribution in [0.15, 0.2) is 35.7 Å². The number of aromatic carboxylic acids is 1. The van der Waals surface area contributed by atoms with E-state index in [1.807, 2.05) is 24.4 Å². The summed E-state index contributed by atoms with van der Waals surface area (Å²) in [6.07, 6.45) is 0.762. The first kappa shape index (κ1) is 15.0. The summed E-state index contributed by atoms with van der Waals surface area (Å²) in [7, 11) is 0. The molecule has 0 saturated carbocycles. The van der Waals surface area contributed by atoms with Crippen molar-refractivity contribution in [1.29, 1.82) is 0 Å². The summed E-state index contributed by atoms with van der Waals surface area (Å²) in [5.41, 5.74) is -0.00780. The van der Waals surface area contributed by atoms with Crippen molar-refractivity contribution >= 4 is 28.7 Å². The second-order valence-electron chi connectivity index (χ2n) is 4.41. The molecule has 1 atom stereocenters. The smallest absolute Gasteiger partial charge is 0.335 e. The molecule has 1 unspecified atom stereocenters. The molecule has 0 aliphatic carbocycles. The van der Waals surface area contributed by atoms with Gasteiger partial charge in [0.25, 0.3) is 5.69 Å². The molecule has 0 bridgehead atoms. The zero-order valence-corrected chi connectivity index (χ0v) is 12.1. The fourth-order valence-electron chi connectivity index (χ4n) is 1.99. The predicted molar refractivity (Wildman–Crippen MR) is 81.0 cm³/mol. The molecular weight excluding hydrogens is 292 g/mol. The first-order chi connectivity index (χ1) is 10.0. The Morgan fingerprint density at radius 1 is 1.48 bits per heavy atom. The van der Waals surface area contributed by atoms with Gasteiger partial charge in [0.05, 0.1) is 16.5 Å². The van der Waals surface area contributed by atoms with E-state index < -0.39 is 10.9 Å². The average molecular weight is 306 g/mol. The Hall–Kier alpha value is -2.41. The summed E-state index contributed by atoms with van der Waals surface area (Å²) in [6.45, 7) is 1.98. The minimum Gasteiger partial charge on any atom is -0.478 e. The van der Waals surface area contributed by atoms with Gasteiger partial charge in [-0.3, -0.25) is 10.1 Å². The van der Waals surface area contributed by atoms with Crippen molar-refractivity contribution in [3.05, 3.63) is 56.3 Å². The summed E-state index contributed by atoms with van der Waals surface area (Å²) in [5.74, 6) is -1.19. The number of carboxylic acids is 1. The van der Waals surface area contributed by atoms with Crippen LogP contribution in [0.4, 0.5) is 11.4 Å². The Kier molecular flexibility index (Phi) is 4.54. The first-order valence-corrected chi connectivity index (χ1v) is 7.22. The maximum absolute atomic E-state index is 11.1. The molecule has 1 aromatic carbocycles. The number of hydrogen-bond acceptors (Lipinski definition) is 5. The van der Waals surface area contributed by atoms with Crippen molar-refractivity contribution in [1.82, 2.24) is 0 Å². The Morgan fingerprint density at radius 2 is 2.24 bits per heavy atom. The number of anilines is 1. The SMILES string of the molecule is CCC(Nc1ccc(C(=O)O)cc1[N+](=O)[O-])c1cccs1. The van der Waals surface area contributed by atoms with Crippen LogP contribution in [0.25, 0.3) is 0 Å². The van der Waals surface area contributed by atoms with Crippen LogP contribution < -0.4 is 5.32 Å². The molecule has 0 saturated heterocycles. The molecule has 0 fully saturated rings. The molecule has 0 aliphatic heterocycles. The van der Waals surface area contributed by atoms with Crippen molar-refractivity contribution in [2.75, 3.05) is 5.32 Å². The highest BCUT2D eigenvalue weighted by molar-refractivity contribution is 7.10. The van der Waals surface area contributed by atoms with E-state index in [0.717, 1.165) is 17.4 Å². The molecule has 0 aliphatic rings. The Morgan fingerprint density at radius 3 is 2.76 bits per heavy atom. The quantitative estimate of drug-likeness (QED) is 0.623. The van der Waals surface area contributed by atoms with E-state index >= 15 is 0 Å². The molecular formula is C14H14N2O4S. The number of thiophene rings is 1. The standard InChI is InChI=1S/C14H14N2O4S/c1-2-10(13-4-3-7-21-13)15-11-6-5-9(14(17)18)8-12(11)16(19)20/h3-8,10,15H,2H2,1H3,(H,17,18). The molecule has 7 heteroatoms. The van der Waals surface area contributed by atoms with Gasteiger partial charge < -0.3 is 10.4 Å². The van der Waals surface area contributed by atoms with Gasteiger partial charge in [0.15, 0.2) is 0 Å². The minimum absolute atomic E-state index is 0.0422. The number of nitro benzene ring substituents is 1. The number of carbonyl (C=O) groups is 1. The third kappa shape index (κ3) is 3.38.